The first-order valence-electron chi connectivity index (χ1n) is 7.46. The number of carbonyl (C=O) groups excluding carboxylic acids is 1. The van der Waals surface area contributed by atoms with Gasteiger partial charge in [-0.1, -0.05) is 39.0 Å². The number of sulfone groups is 1. The van der Waals surface area contributed by atoms with Gasteiger partial charge in [-0.2, -0.15) is 0 Å². The molecule has 1 amide bonds. The van der Waals surface area contributed by atoms with Crippen molar-refractivity contribution in [3.63, 3.8) is 0 Å². The van der Waals surface area contributed by atoms with E-state index in [-0.39, 0.29) is 17.7 Å². The normalized spacial score (nSPS) is 18.7. The number of carbonyl (C=O) groups is 1. The van der Waals surface area contributed by atoms with E-state index in [2.05, 4.69) is 13.8 Å². The molecule has 4 nitrogen and oxygen atoms in total. The van der Waals surface area contributed by atoms with Crippen LogP contribution in [0.15, 0.2) is 24.3 Å². The van der Waals surface area contributed by atoms with E-state index in [0.29, 0.717) is 5.92 Å². The van der Waals surface area contributed by atoms with Crippen LogP contribution in [0.3, 0.4) is 0 Å². The lowest BCUT2D eigenvalue weighted by Crippen LogP contribution is -2.48. The zero-order chi connectivity index (χ0) is 15.6. The maximum Gasteiger partial charge on any atom is 0.242 e. The van der Waals surface area contributed by atoms with Crippen LogP contribution in [0, 0.1) is 5.92 Å². The van der Waals surface area contributed by atoms with Crippen LogP contribution >= 0.6 is 0 Å². The summed E-state index contributed by atoms with van der Waals surface area (Å²) < 4.78 is 23.6. The van der Waals surface area contributed by atoms with Crippen LogP contribution in [0.2, 0.25) is 0 Å². The Labute approximate surface area is 127 Å². The van der Waals surface area contributed by atoms with Gasteiger partial charge in [0.2, 0.25) is 5.91 Å². The maximum absolute atomic E-state index is 12.6. The summed E-state index contributed by atoms with van der Waals surface area (Å²) in [5.41, 5.74) is 2.00. The fourth-order valence-electron chi connectivity index (χ4n) is 2.88. The third kappa shape index (κ3) is 3.46. The molecule has 1 aliphatic heterocycles. The Morgan fingerprint density at radius 1 is 1.33 bits per heavy atom. The first-order valence-corrected chi connectivity index (χ1v) is 9.28. The molecule has 1 aromatic carbocycles. The van der Waals surface area contributed by atoms with Crippen molar-refractivity contribution in [2.45, 2.75) is 39.7 Å². The molecule has 21 heavy (non-hydrogen) atoms. The Morgan fingerprint density at radius 3 is 2.62 bits per heavy atom. The number of amides is 1. The molecule has 5 heteroatoms. The lowest BCUT2D eigenvalue weighted by molar-refractivity contribution is -0.117. The molecule has 0 bridgehead atoms. The van der Waals surface area contributed by atoms with Gasteiger partial charge >= 0.3 is 0 Å². The monoisotopic (exact) mass is 309 g/mol. The summed E-state index contributed by atoms with van der Waals surface area (Å²) in [5, 5.41) is 0. The summed E-state index contributed by atoms with van der Waals surface area (Å²) in [4.78, 5) is 14.3. The van der Waals surface area contributed by atoms with Gasteiger partial charge in [-0.15, -0.1) is 0 Å². The van der Waals surface area contributed by atoms with Gasteiger partial charge in [0.05, 0.1) is 0 Å². The Hall–Kier alpha value is -1.36. The molecule has 0 radical (unpaired) electrons. The SMILES string of the molecule is CCS(=O)(=O)CC(=O)N1c2ccccc2CCC1C(C)C. The van der Waals surface area contributed by atoms with Crippen LogP contribution in [-0.4, -0.2) is 31.9 Å². The van der Waals surface area contributed by atoms with Crippen LogP contribution in [0.1, 0.15) is 32.8 Å². The van der Waals surface area contributed by atoms with Crippen molar-refractivity contribution in [2.24, 2.45) is 5.92 Å². The van der Waals surface area contributed by atoms with Crippen LogP contribution in [0.5, 0.6) is 0 Å². The zero-order valence-corrected chi connectivity index (χ0v) is 13.7. The van der Waals surface area contributed by atoms with Crippen molar-refractivity contribution >= 4 is 21.4 Å². The number of hydrogen-bond donors (Lipinski definition) is 0. The van der Waals surface area contributed by atoms with Crippen LogP contribution in [-0.2, 0) is 21.1 Å². The Morgan fingerprint density at radius 2 is 2.00 bits per heavy atom. The molecule has 0 spiro atoms. The lowest BCUT2D eigenvalue weighted by Gasteiger charge is -2.39. The van der Waals surface area contributed by atoms with E-state index < -0.39 is 15.6 Å². The summed E-state index contributed by atoms with van der Waals surface area (Å²) in [6.45, 7) is 5.73. The van der Waals surface area contributed by atoms with E-state index in [9.17, 15) is 13.2 Å². The predicted molar refractivity (Wildman–Crippen MR) is 85.2 cm³/mol. The summed E-state index contributed by atoms with van der Waals surface area (Å²) in [7, 11) is -3.31. The molecule has 1 aromatic rings. The largest absolute Gasteiger partial charge is 0.308 e. The fraction of sp³-hybridized carbons (Fsp3) is 0.562. The first kappa shape index (κ1) is 16.0. The van der Waals surface area contributed by atoms with Gasteiger partial charge in [-0.3, -0.25) is 4.79 Å². The minimum Gasteiger partial charge on any atom is -0.308 e. The first-order chi connectivity index (χ1) is 9.85. The maximum atomic E-state index is 12.6. The smallest absolute Gasteiger partial charge is 0.242 e. The average Bonchev–Trinajstić information content (AvgIpc) is 2.45. The molecule has 0 saturated heterocycles. The highest BCUT2D eigenvalue weighted by Gasteiger charge is 2.34. The van der Waals surface area contributed by atoms with Crippen LogP contribution < -0.4 is 4.90 Å². The van der Waals surface area contributed by atoms with Gasteiger partial charge in [0, 0.05) is 17.5 Å². The van der Waals surface area contributed by atoms with Crippen molar-refractivity contribution in [1.29, 1.82) is 0 Å². The quantitative estimate of drug-likeness (QED) is 0.858. The third-order valence-corrected chi connectivity index (χ3v) is 5.68. The van der Waals surface area contributed by atoms with Crippen molar-refractivity contribution in [3.05, 3.63) is 29.8 Å². The fourth-order valence-corrected chi connectivity index (χ4v) is 3.60. The zero-order valence-electron chi connectivity index (χ0n) is 12.9. The lowest BCUT2D eigenvalue weighted by atomic mass is 9.89. The molecule has 1 heterocycles. The van der Waals surface area contributed by atoms with Gasteiger partial charge in [0.15, 0.2) is 9.84 Å². The highest BCUT2D eigenvalue weighted by molar-refractivity contribution is 7.92. The number of nitrogens with zero attached hydrogens (tertiary/aromatic N) is 1. The number of aryl methyl sites for hydroxylation is 1. The van der Waals surface area contributed by atoms with Gasteiger partial charge in [-0.25, -0.2) is 8.42 Å². The van der Waals surface area contributed by atoms with E-state index in [1.165, 1.54) is 0 Å². The highest BCUT2D eigenvalue weighted by Crippen LogP contribution is 2.33. The summed E-state index contributed by atoms with van der Waals surface area (Å²) in [6, 6.07) is 7.86. The summed E-state index contributed by atoms with van der Waals surface area (Å²) >= 11 is 0. The van der Waals surface area contributed by atoms with Gasteiger partial charge in [0.25, 0.3) is 0 Å². The molecule has 1 aliphatic rings. The molecular formula is C16H23NO3S. The standard InChI is InChI=1S/C16H23NO3S/c1-4-21(19,20)11-16(18)17-14(12(2)3)10-9-13-7-5-6-8-15(13)17/h5-8,12,14H,4,9-11H2,1-3H3. The number of rotatable bonds is 4. The molecule has 0 aromatic heterocycles. The second-order valence-electron chi connectivity index (χ2n) is 5.92. The van der Waals surface area contributed by atoms with Gasteiger partial charge in [0.1, 0.15) is 5.75 Å². The Balaban J connectivity index is 2.38. The number of hydrogen-bond acceptors (Lipinski definition) is 3. The van der Waals surface area contributed by atoms with E-state index in [1.54, 1.807) is 11.8 Å². The van der Waals surface area contributed by atoms with Gasteiger partial charge in [-0.05, 0) is 30.4 Å². The average molecular weight is 309 g/mol. The van der Waals surface area contributed by atoms with E-state index in [1.807, 2.05) is 24.3 Å². The molecule has 116 valence electrons. The molecule has 0 N–H and O–H groups in total. The Bertz CT molecular complexity index is 622. The molecular weight excluding hydrogens is 286 g/mol. The van der Waals surface area contributed by atoms with Crippen molar-refractivity contribution in [2.75, 3.05) is 16.4 Å². The summed E-state index contributed by atoms with van der Waals surface area (Å²) in [6.07, 6.45) is 1.82. The molecule has 0 fully saturated rings. The molecule has 0 aliphatic carbocycles. The van der Waals surface area contributed by atoms with E-state index in [4.69, 9.17) is 0 Å². The minimum atomic E-state index is -3.31. The highest BCUT2D eigenvalue weighted by atomic mass is 32.2. The van der Waals surface area contributed by atoms with E-state index >= 15 is 0 Å². The minimum absolute atomic E-state index is 0.000568. The second-order valence-corrected chi connectivity index (χ2v) is 8.27. The molecule has 1 unspecified atom stereocenters. The molecule has 1 atom stereocenters. The molecule has 0 saturated carbocycles. The predicted octanol–water partition coefficient (Wildman–Crippen LogP) is 2.43. The third-order valence-electron chi connectivity index (χ3n) is 4.11. The van der Waals surface area contributed by atoms with Crippen LogP contribution in [0.4, 0.5) is 5.69 Å². The second kappa shape index (κ2) is 6.18. The van der Waals surface area contributed by atoms with Crippen molar-refractivity contribution in [1.82, 2.24) is 0 Å². The number of fused-ring (bicyclic) bond motifs is 1. The number of para-hydroxylation sites is 1. The topological polar surface area (TPSA) is 54.5 Å². The summed E-state index contributed by atoms with van der Waals surface area (Å²) in [5.74, 6) is -0.406. The van der Waals surface area contributed by atoms with Gasteiger partial charge < -0.3 is 4.90 Å². The van der Waals surface area contributed by atoms with E-state index in [0.717, 1.165) is 24.1 Å². The number of benzene rings is 1. The number of anilines is 1. The molecule has 2 rings (SSSR count). The van der Waals surface area contributed by atoms with Crippen molar-refractivity contribution in [3.8, 4) is 0 Å². The van der Waals surface area contributed by atoms with Crippen molar-refractivity contribution < 1.29 is 13.2 Å². The Kier molecular flexibility index (Phi) is 4.71. The van der Waals surface area contributed by atoms with Crippen LogP contribution in [0.25, 0.3) is 0 Å².